The number of amides is 1. The lowest BCUT2D eigenvalue weighted by Gasteiger charge is -2.33. The molecule has 1 aliphatic heterocycles. The second-order valence-corrected chi connectivity index (χ2v) is 8.84. The van der Waals surface area contributed by atoms with E-state index in [-0.39, 0.29) is 30.4 Å². The van der Waals surface area contributed by atoms with E-state index in [2.05, 4.69) is 5.32 Å². The zero-order chi connectivity index (χ0) is 20.1. The SMILES string of the molecule is Cc1ccc(CNC(=O)CN2CCN(S(=O)(=O)c3cccc(F)c3)CC2)cc1. The van der Waals surface area contributed by atoms with Crippen LogP contribution in [0.3, 0.4) is 0 Å². The van der Waals surface area contributed by atoms with Gasteiger partial charge in [0.05, 0.1) is 11.4 Å². The minimum absolute atomic E-state index is 0.0446. The number of carbonyl (C=O) groups is 1. The zero-order valence-electron chi connectivity index (χ0n) is 15.8. The fraction of sp³-hybridized carbons (Fsp3) is 0.350. The van der Waals surface area contributed by atoms with Gasteiger partial charge in [0.15, 0.2) is 0 Å². The van der Waals surface area contributed by atoms with Crippen molar-refractivity contribution < 1.29 is 17.6 Å². The van der Waals surface area contributed by atoms with Gasteiger partial charge in [-0.2, -0.15) is 4.31 Å². The molecule has 150 valence electrons. The third kappa shape index (κ3) is 5.15. The average Bonchev–Trinajstić information content (AvgIpc) is 2.68. The number of hydrogen-bond acceptors (Lipinski definition) is 4. The molecule has 3 rings (SSSR count). The van der Waals surface area contributed by atoms with Crippen LogP contribution in [0, 0.1) is 12.7 Å². The summed E-state index contributed by atoms with van der Waals surface area (Å²) in [5, 5.41) is 2.89. The Labute approximate surface area is 165 Å². The van der Waals surface area contributed by atoms with Gasteiger partial charge < -0.3 is 5.32 Å². The smallest absolute Gasteiger partial charge is 0.243 e. The fourth-order valence-electron chi connectivity index (χ4n) is 3.07. The predicted molar refractivity (Wildman–Crippen MR) is 105 cm³/mol. The van der Waals surface area contributed by atoms with Gasteiger partial charge >= 0.3 is 0 Å². The summed E-state index contributed by atoms with van der Waals surface area (Å²) in [7, 11) is -3.72. The lowest BCUT2D eigenvalue weighted by molar-refractivity contribution is -0.122. The van der Waals surface area contributed by atoms with Crippen LogP contribution in [0.15, 0.2) is 53.4 Å². The monoisotopic (exact) mass is 405 g/mol. The highest BCUT2D eigenvalue weighted by atomic mass is 32.2. The molecule has 1 amide bonds. The maximum absolute atomic E-state index is 13.3. The molecule has 0 aliphatic carbocycles. The summed E-state index contributed by atoms with van der Waals surface area (Å²) in [6.45, 7) is 4.14. The first-order valence-electron chi connectivity index (χ1n) is 9.15. The molecule has 1 aliphatic rings. The van der Waals surface area contributed by atoms with E-state index in [1.165, 1.54) is 28.1 Å². The quantitative estimate of drug-likeness (QED) is 0.795. The van der Waals surface area contributed by atoms with Crippen LogP contribution in [0.25, 0.3) is 0 Å². The number of piperazine rings is 1. The zero-order valence-corrected chi connectivity index (χ0v) is 16.6. The number of sulfonamides is 1. The Balaban J connectivity index is 1.48. The first-order chi connectivity index (χ1) is 13.3. The topological polar surface area (TPSA) is 69.7 Å². The number of rotatable bonds is 6. The Morgan fingerprint density at radius 1 is 1.07 bits per heavy atom. The van der Waals surface area contributed by atoms with Crippen molar-refractivity contribution in [1.82, 2.24) is 14.5 Å². The summed E-state index contributed by atoms with van der Waals surface area (Å²) < 4.78 is 39.9. The number of carbonyl (C=O) groups excluding carboxylic acids is 1. The van der Waals surface area contributed by atoms with Gasteiger partial charge in [-0.3, -0.25) is 9.69 Å². The summed E-state index contributed by atoms with van der Waals surface area (Å²) in [4.78, 5) is 14.0. The normalized spacial score (nSPS) is 16.1. The first-order valence-corrected chi connectivity index (χ1v) is 10.6. The summed E-state index contributed by atoms with van der Waals surface area (Å²) in [5.74, 6) is -0.674. The number of halogens is 1. The molecular formula is C20H24FN3O3S. The van der Waals surface area contributed by atoms with Crippen molar-refractivity contribution in [3.05, 3.63) is 65.5 Å². The van der Waals surface area contributed by atoms with Gasteiger partial charge in [-0.25, -0.2) is 12.8 Å². The number of aryl methyl sites for hydroxylation is 1. The van der Waals surface area contributed by atoms with Crippen LogP contribution in [0.2, 0.25) is 0 Å². The van der Waals surface area contributed by atoms with Crippen molar-refractivity contribution in [2.75, 3.05) is 32.7 Å². The Morgan fingerprint density at radius 3 is 2.39 bits per heavy atom. The van der Waals surface area contributed by atoms with Gasteiger partial charge in [-0.05, 0) is 30.7 Å². The minimum Gasteiger partial charge on any atom is -0.351 e. The van der Waals surface area contributed by atoms with E-state index in [1.807, 2.05) is 36.1 Å². The maximum atomic E-state index is 13.3. The second kappa shape index (κ2) is 8.81. The molecule has 0 unspecified atom stereocenters. The highest BCUT2D eigenvalue weighted by Crippen LogP contribution is 2.18. The van der Waals surface area contributed by atoms with Crippen LogP contribution < -0.4 is 5.32 Å². The number of hydrogen-bond donors (Lipinski definition) is 1. The Morgan fingerprint density at radius 2 is 1.75 bits per heavy atom. The Bertz CT molecular complexity index is 924. The lowest BCUT2D eigenvalue weighted by atomic mass is 10.1. The Hall–Kier alpha value is -2.29. The van der Waals surface area contributed by atoms with Gasteiger partial charge in [0.1, 0.15) is 5.82 Å². The van der Waals surface area contributed by atoms with Crippen LogP contribution in [-0.4, -0.2) is 56.3 Å². The Kier molecular flexibility index (Phi) is 6.43. The lowest BCUT2D eigenvalue weighted by Crippen LogP contribution is -2.50. The van der Waals surface area contributed by atoms with Crippen molar-refractivity contribution in [2.24, 2.45) is 0 Å². The average molecular weight is 405 g/mol. The van der Waals surface area contributed by atoms with E-state index in [9.17, 15) is 17.6 Å². The van der Waals surface area contributed by atoms with Crippen LogP contribution >= 0.6 is 0 Å². The molecule has 2 aromatic carbocycles. The minimum atomic E-state index is -3.72. The predicted octanol–water partition coefficient (Wildman–Crippen LogP) is 1.76. The fourth-order valence-corrected chi connectivity index (χ4v) is 4.52. The molecule has 0 spiro atoms. The highest BCUT2D eigenvalue weighted by Gasteiger charge is 2.29. The molecule has 0 bridgehead atoms. The summed E-state index contributed by atoms with van der Waals surface area (Å²) >= 11 is 0. The van der Waals surface area contributed by atoms with Gasteiger partial charge in [-0.15, -0.1) is 0 Å². The van der Waals surface area contributed by atoms with Crippen LogP contribution in [0.5, 0.6) is 0 Å². The van der Waals surface area contributed by atoms with E-state index < -0.39 is 15.8 Å². The largest absolute Gasteiger partial charge is 0.351 e. The van der Waals surface area contributed by atoms with E-state index >= 15 is 0 Å². The van der Waals surface area contributed by atoms with Crippen LogP contribution in [-0.2, 0) is 21.4 Å². The summed E-state index contributed by atoms with van der Waals surface area (Å²) in [6.07, 6.45) is 0. The van der Waals surface area contributed by atoms with E-state index in [4.69, 9.17) is 0 Å². The van der Waals surface area contributed by atoms with Gasteiger partial charge in [0.2, 0.25) is 15.9 Å². The molecular weight excluding hydrogens is 381 g/mol. The molecule has 1 fully saturated rings. The van der Waals surface area contributed by atoms with E-state index in [1.54, 1.807) is 0 Å². The van der Waals surface area contributed by atoms with Crippen LogP contribution in [0.4, 0.5) is 4.39 Å². The number of nitrogens with one attached hydrogen (secondary N) is 1. The number of nitrogens with zero attached hydrogens (tertiary/aromatic N) is 2. The van der Waals surface area contributed by atoms with Crippen LogP contribution in [0.1, 0.15) is 11.1 Å². The molecule has 1 heterocycles. The van der Waals surface area contributed by atoms with Gasteiger partial charge in [0, 0.05) is 32.7 Å². The molecule has 0 saturated carbocycles. The maximum Gasteiger partial charge on any atom is 0.243 e. The third-order valence-corrected chi connectivity index (χ3v) is 6.64. The molecule has 1 saturated heterocycles. The van der Waals surface area contributed by atoms with E-state index in [0.717, 1.165) is 11.6 Å². The molecule has 0 radical (unpaired) electrons. The summed E-state index contributed by atoms with van der Waals surface area (Å²) in [6, 6.07) is 13.0. The molecule has 1 N–H and O–H groups in total. The highest BCUT2D eigenvalue weighted by molar-refractivity contribution is 7.89. The van der Waals surface area contributed by atoms with E-state index in [0.29, 0.717) is 19.6 Å². The standard InChI is InChI=1S/C20H24FN3O3S/c1-16-5-7-17(8-6-16)14-22-20(25)15-23-9-11-24(12-10-23)28(26,27)19-4-2-3-18(21)13-19/h2-8,13H,9-12,14-15H2,1H3,(H,22,25). The molecule has 0 aromatic heterocycles. The van der Waals surface area contributed by atoms with Crippen molar-refractivity contribution in [3.8, 4) is 0 Å². The van der Waals surface area contributed by atoms with Gasteiger partial charge in [-0.1, -0.05) is 35.9 Å². The van der Waals surface area contributed by atoms with Crippen molar-refractivity contribution >= 4 is 15.9 Å². The summed E-state index contributed by atoms with van der Waals surface area (Å²) in [5.41, 5.74) is 2.20. The first kappa shape index (κ1) is 20.4. The molecule has 28 heavy (non-hydrogen) atoms. The molecule has 6 nitrogen and oxygen atoms in total. The molecule has 0 atom stereocenters. The van der Waals surface area contributed by atoms with Gasteiger partial charge in [0.25, 0.3) is 0 Å². The van der Waals surface area contributed by atoms with Crippen molar-refractivity contribution in [1.29, 1.82) is 0 Å². The van der Waals surface area contributed by atoms with Crippen molar-refractivity contribution in [2.45, 2.75) is 18.4 Å². The third-order valence-electron chi connectivity index (χ3n) is 4.74. The molecule has 2 aromatic rings. The molecule has 8 heteroatoms. The number of benzene rings is 2. The van der Waals surface area contributed by atoms with Crippen molar-refractivity contribution in [3.63, 3.8) is 0 Å². The second-order valence-electron chi connectivity index (χ2n) is 6.90.